The van der Waals surface area contributed by atoms with Gasteiger partial charge in [-0.05, 0) is 31.2 Å². The zero-order valence-corrected chi connectivity index (χ0v) is 10.6. The first-order valence-corrected chi connectivity index (χ1v) is 6.35. The summed E-state index contributed by atoms with van der Waals surface area (Å²) >= 11 is 0. The van der Waals surface area contributed by atoms with Gasteiger partial charge < -0.3 is 4.74 Å². The maximum Gasteiger partial charge on any atom is 0.0623 e. The van der Waals surface area contributed by atoms with Crippen LogP contribution in [0.5, 0.6) is 0 Å². The highest BCUT2D eigenvalue weighted by molar-refractivity contribution is 5.23. The van der Waals surface area contributed by atoms with E-state index in [2.05, 4.69) is 45.0 Å². The Morgan fingerprint density at radius 1 is 1.31 bits per heavy atom. The highest BCUT2D eigenvalue weighted by Gasteiger charge is 2.27. The fourth-order valence-electron chi connectivity index (χ4n) is 2.27. The average molecular weight is 218 g/mol. The van der Waals surface area contributed by atoms with E-state index in [1.165, 1.54) is 24.0 Å². The summed E-state index contributed by atoms with van der Waals surface area (Å²) in [6.07, 6.45) is 2.96. The Morgan fingerprint density at radius 2 is 2.00 bits per heavy atom. The van der Waals surface area contributed by atoms with Gasteiger partial charge in [-0.2, -0.15) is 0 Å². The molecule has 1 nitrogen and oxygen atoms in total. The molecule has 16 heavy (non-hydrogen) atoms. The molecule has 2 rings (SSSR count). The van der Waals surface area contributed by atoms with Crippen LogP contribution in [0.25, 0.3) is 0 Å². The smallest absolute Gasteiger partial charge is 0.0623 e. The van der Waals surface area contributed by atoms with E-state index in [-0.39, 0.29) is 0 Å². The largest absolute Gasteiger partial charge is 0.377 e. The van der Waals surface area contributed by atoms with Crippen molar-refractivity contribution in [1.82, 2.24) is 0 Å². The third-order valence-corrected chi connectivity index (χ3v) is 3.74. The Labute approximate surface area is 98.8 Å². The molecule has 0 aliphatic carbocycles. The summed E-state index contributed by atoms with van der Waals surface area (Å²) in [5.74, 6) is 1.42. The third kappa shape index (κ3) is 2.65. The van der Waals surface area contributed by atoms with Gasteiger partial charge in [0.25, 0.3) is 0 Å². The first kappa shape index (κ1) is 11.7. The van der Waals surface area contributed by atoms with Crippen LogP contribution in [-0.2, 0) is 4.74 Å². The van der Waals surface area contributed by atoms with Crippen molar-refractivity contribution in [2.45, 2.75) is 45.6 Å². The summed E-state index contributed by atoms with van der Waals surface area (Å²) in [5.41, 5.74) is 2.80. The van der Waals surface area contributed by atoms with Crippen LogP contribution in [0, 0.1) is 12.8 Å². The van der Waals surface area contributed by atoms with E-state index < -0.39 is 0 Å². The van der Waals surface area contributed by atoms with Crippen molar-refractivity contribution in [1.29, 1.82) is 0 Å². The van der Waals surface area contributed by atoms with Gasteiger partial charge in [0.2, 0.25) is 0 Å². The summed E-state index contributed by atoms with van der Waals surface area (Å²) in [5, 5.41) is 0. The SMILES string of the molecule is Cc1ccc([C@@H](C)CC[C@@H]2OC[C@@H]2C)cc1. The monoisotopic (exact) mass is 218 g/mol. The molecule has 0 radical (unpaired) electrons. The predicted molar refractivity (Wildman–Crippen MR) is 67.7 cm³/mol. The van der Waals surface area contributed by atoms with E-state index in [9.17, 15) is 0 Å². The van der Waals surface area contributed by atoms with Gasteiger partial charge in [0.15, 0.2) is 0 Å². The second-order valence-corrected chi connectivity index (χ2v) is 5.24. The summed E-state index contributed by atoms with van der Waals surface area (Å²) in [6.45, 7) is 7.70. The highest BCUT2D eigenvalue weighted by atomic mass is 16.5. The van der Waals surface area contributed by atoms with Crippen LogP contribution in [-0.4, -0.2) is 12.7 Å². The lowest BCUT2D eigenvalue weighted by molar-refractivity contribution is -0.110. The first-order chi connectivity index (χ1) is 7.66. The molecular formula is C15H22O. The minimum atomic E-state index is 0.521. The van der Waals surface area contributed by atoms with Crippen LogP contribution in [0.3, 0.4) is 0 Å². The van der Waals surface area contributed by atoms with Crippen molar-refractivity contribution in [3.8, 4) is 0 Å². The maximum absolute atomic E-state index is 5.55. The van der Waals surface area contributed by atoms with Crippen LogP contribution < -0.4 is 0 Å². The van der Waals surface area contributed by atoms with Gasteiger partial charge in [-0.3, -0.25) is 0 Å². The summed E-state index contributed by atoms with van der Waals surface area (Å²) in [7, 11) is 0. The zero-order chi connectivity index (χ0) is 11.5. The molecule has 0 N–H and O–H groups in total. The molecule has 1 aliphatic rings. The third-order valence-electron chi connectivity index (χ3n) is 3.74. The number of ether oxygens (including phenoxy) is 1. The first-order valence-electron chi connectivity index (χ1n) is 6.35. The van der Waals surface area contributed by atoms with Crippen molar-refractivity contribution in [2.75, 3.05) is 6.61 Å². The number of hydrogen-bond acceptors (Lipinski definition) is 1. The average Bonchev–Trinajstić information content (AvgIpc) is 2.28. The van der Waals surface area contributed by atoms with Gasteiger partial charge in [0.1, 0.15) is 0 Å². The van der Waals surface area contributed by atoms with Crippen molar-refractivity contribution < 1.29 is 4.74 Å². The molecule has 1 aromatic rings. The van der Waals surface area contributed by atoms with Crippen molar-refractivity contribution in [2.24, 2.45) is 5.92 Å². The quantitative estimate of drug-likeness (QED) is 0.744. The van der Waals surface area contributed by atoms with Crippen LogP contribution in [0.1, 0.15) is 43.7 Å². The van der Waals surface area contributed by atoms with Crippen molar-refractivity contribution in [3.63, 3.8) is 0 Å². The second kappa shape index (κ2) is 5.01. The second-order valence-electron chi connectivity index (χ2n) is 5.24. The van der Waals surface area contributed by atoms with E-state index in [0.717, 1.165) is 12.5 Å². The lowest BCUT2D eigenvalue weighted by Gasteiger charge is -2.35. The number of rotatable bonds is 4. The highest BCUT2D eigenvalue weighted by Crippen LogP contribution is 2.28. The van der Waals surface area contributed by atoms with E-state index in [1.54, 1.807) is 0 Å². The molecule has 1 aliphatic heterocycles. The molecule has 1 fully saturated rings. The normalized spacial score (nSPS) is 26.2. The fourth-order valence-corrected chi connectivity index (χ4v) is 2.27. The van der Waals surface area contributed by atoms with Crippen molar-refractivity contribution >= 4 is 0 Å². The summed E-state index contributed by atoms with van der Waals surface area (Å²) in [4.78, 5) is 0. The van der Waals surface area contributed by atoms with E-state index in [1.807, 2.05) is 0 Å². The lowest BCUT2D eigenvalue weighted by Crippen LogP contribution is -2.37. The molecule has 88 valence electrons. The molecule has 1 heteroatoms. The Kier molecular flexibility index (Phi) is 3.65. The molecule has 0 aromatic heterocycles. The van der Waals surface area contributed by atoms with Gasteiger partial charge in [-0.15, -0.1) is 0 Å². The van der Waals surface area contributed by atoms with Crippen LogP contribution >= 0.6 is 0 Å². The predicted octanol–water partition coefficient (Wildman–Crippen LogP) is 3.91. The Morgan fingerprint density at radius 3 is 2.50 bits per heavy atom. The lowest BCUT2D eigenvalue weighted by atomic mass is 9.89. The van der Waals surface area contributed by atoms with Crippen LogP contribution in [0.15, 0.2) is 24.3 Å². The minimum absolute atomic E-state index is 0.521. The minimum Gasteiger partial charge on any atom is -0.377 e. The number of benzene rings is 1. The Hall–Kier alpha value is -0.820. The van der Waals surface area contributed by atoms with E-state index in [0.29, 0.717) is 12.0 Å². The van der Waals surface area contributed by atoms with Crippen molar-refractivity contribution in [3.05, 3.63) is 35.4 Å². The molecule has 0 amide bonds. The van der Waals surface area contributed by atoms with Gasteiger partial charge in [-0.1, -0.05) is 43.7 Å². The molecule has 0 saturated carbocycles. The molecule has 0 spiro atoms. The summed E-state index contributed by atoms with van der Waals surface area (Å²) in [6, 6.07) is 8.92. The van der Waals surface area contributed by atoms with Gasteiger partial charge in [-0.25, -0.2) is 0 Å². The topological polar surface area (TPSA) is 9.23 Å². The van der Waals surface area contributed by atoms with Crippen LogP contribution in [0.4, 0.5) is 0 Å². The number of aryl methyl sites for hydroxylation is 1. The standard InChI is InChI=1S/C15H22O/c1-11-4-7-14(8-5-11)12(2)6-9-15-13(3)10-16-15/h4-5,7-8,12-13,15H,6,9-10H2,1-3H3/t12-,13-,15-/m0/s1. The van der Waals surface area contributed by atoms with Gasteiger partial charge in [0.05, 0.1) is 12.7 Å². The van der Waals surface area contributed by atoms with E-state index in [4.69, 9.17) is 4.74 Å². The molecular weight excluding hydrogens is 196 g/mol. The molecule has 1 heterocycles. The maximum atomic E-state index is 5.55. The van der Waals surface area contributed by atoms with Gasteiger partial charge >= 0.3 is 0 Å². The number of hydrogen-bond donors (Lipinski definition) is 0. The molecule has 1 aromatic carbocycles. The molecule has 0 bridgehead atoms. The zero-order valence-electron chi connectivity index (χ0n) is 10.6. The van der Waals surface area contributed by atoms with Gasteiger partial charge in [0, 0.05) is 5.92 Å². The summed E-state index contributed by atoms with van der Waals surface area (Å²) < 4.78 is 5.55. The Balaban J connectivity index is 1.83. The fraction of sp³-hybridized carbons (Fsp3) is 0.600. The molecule has 0 unspecified atom stereocenters. The molecule has 1 saturated heterocycles. The van der Waals surface area contributed by atoms with E-state index >= 15 is 0 Å². The van der Waals surface area contributed by atoms with Crippen LogP contribution in [0.2, 0.25) is 0 Å². The molecule has 3 atom stereocenters. The Bertz CT molecular complexity index is 328.